The first kappa shape index (κ1) is 17.8. The van der Waals surface area contributed by atoms with Crippen molar-refractivity contribution >= 4 is 23.1 Å². The Morgan fingerprint density at radius 2 is 1.85 bits per heavy atom. The molecule has 4 rings (SSSR count). The van der Waals surface area contributed by atoms with Gasteiger partial charge in [0.2, 0.25) is 11.6 Å². The van der Waals surface area contributed by atoms with Gasteiger partial charge in [-0.25, -0.2) is 0 Å². The maximum Gasteiger partial charge on any atom is 0.231 e. The Morgan fingerprint density at radius 1 is 1.15 bits per heavy atom. The van der Waals surface area contributed by atoms with Crippen LogP contribution in [0.25, 0.3) is 0 Å². The van der Waals surface area contributed by atoms with Gasteiger partial charge in [0.15, 0.2) is 0 Å². The van der Waals surface area contributed by atoms with E-state index >= 15 is 0 Å². The van der Waals surface area contributed by atoms with E-state index in [-0.39, 0.29) is 34.7 Å². The van der Waals surface area contributed by atoms with Crippen LogP contribution >= 0.6 is 0 Å². The van der Waals surface area contributed by atoms with Crippen LogP contribution < -0.4 is 0 Å². The third-order valence-corrected chi connectivity index (χ3v) is 8.11. The summed E-state index contributed by atoms with van der Waals surface area (Å²) in [5.74, 6) is -1.60. The summed E-state index contributed by atoms with van der Waals surface area (Å²) in [5.41, 5.74) is -0.705. The summed E-state index contributed by atoms with van der Waals surface area (Å²) in [5, 5.41) is 9.88. The Morgan fingerprint density at radius 3 is 2.50 bits per heavy atom. The number of fused-ring (bicyclic) bond motifs is 5. The molecule has 0 aromatic rings. The van der Waals surface area contributed by atoms with Crippen LogP contribution in [-0.4, -0.2) is 34.3 Å². The number of aliphatic hydroxyl groups excluding tert-OH is 1. The minimum Gasteiger partial charge on any atom is -0.381 e. The molecule has 4 aliphatic carbocycles. The monoisotopic (exact) mass is 358 g/mol. The fourth-order valence-electron chi connectivity index (χ4n) is 6.95. The fraction of sp³-hybridized carbons (Fsp3) is 0.714. The molecule has 0 aliphatic heterocycles. The topological polar surface area (TPSA) is 88.5 Å². The SMILES string of the molecule is CC(=O)[C@H]1CC[C@H]2[C@@H]3CCC4=CC(O)C(=O)C(=O)[C@]4(C)[C@H]3C(=O)C[C@]12C. The molecule has 4 aliphatic rings. The minimum absolute atomic E-state index is 0.00698. The average Bonchev–Trinajstić information content (AvgIpc) is 2.91. The summed E-state index contributed by atoms with van der Waals surface area (Å²) in [4.78, 5) is 50.5. The number of ketones is 4. The van der Waals surface area contributed by atoms with E-state index < -0.39 is 29.0 Å². The standard InChI is InChI=1S/C21H26O5/c1-10(22)13-6-7-14-12-5-4-11-8-15(23)18(25)19(26)21(11,3)17(12)16(24)9-20(13,14)2/h8,12-15,17,23H,4-7,9H2,1-3H3/t12-,13+,14-,15?,17+,20+,21-/m0/s1. The number of hydrogen-bond donors (Lipinski definition) is 1. The normalized spacial score (nSPS) is 47.8. The summed E-state index contributed by atoms with van der Waals surface area (Å²) < 4.78 is 0. The second-order valence-corrected chi connectivity index (χ2v) is 9.21. The van der Waals surface area contributed by atoms with Crippen LogP contribution in [0.2, 0.25) is 0 Å². The van der Waals surface area contributed by atoms with Crippen LogP contribution in [-0.2, 0) is 19.2 Å². The molecule has 0 radical (unpaired) electrons. The second-order valence-electron chi connectivity index (χ2n) is 9.21. The van der Waals surface area contributed by atoms with E-state index in [4.69, 9.17) is 0 Å². The van der Waals surface area contributed by atoms with Crippen molar-refractivity contribution in [3.05, 3.63) is 11.6 Å². The highest BCUT2D eigenvalue weighted by atomic mass is 16.3. The largest absolute Gasteiger partial charge is 0.381 e. The molecule has 5 nitrogen and oxygen atoms in total. The maximum absolute atomic E-state index is 13.3. The zero-order valence-corrected chi connectivity index (χ0v) is 15.6. The lowest BCUT2D eigenvalue weighted by molar-refractivity contribution is -0.159. The molecule has 0 amide bonds. The Labute approximate surface area is 153 Å². The molecular weight excluding hydrogens is 332 g/mol. The molecule has 0 saturated heterocycles. The third kappa shape index (κ3) is 2.01. The molecule has 1 N–H and O–H groups in total. The summed E-state index contributed by atoms with van der Waals surface area (Å²) in [7, 11) is 0. The van der Waals surface area contributed by atoms with Crippen LogP contribution in [0.1, 0.15) is 52.9 Å². The predicted octanol–water partition coefficient (Wildman–Crippen LogP) is 2.05. The quantitative estimate of drug-likeness (QED) is 0.572. The van der Waals surface area contributed by atoms with Crippen molar-refractivity contribution in [1.29, 1.82) is 0 Å². The van der Waals surface area contributed by atoms with E-state index in [0.29, 0.717) is 12.8 Å². The number of hydrogen-bond acceptors (Lipinski definition) is 5. The molecule has 0 heterocycles. The highest BCUT2D eigenvalue weighted by molar-refractivity contribution is 6.43. The van der Waals surface area contributed by atoms with Gasteiger partial charge in [0.05, 0.1) is 5.41 Å². The van der Waals surface area contributed by atoms with Crippen molar-refractivity contribution in [2.45, 2.75) is 59.0 Å². The van der Waals surface area contributed by atoms with Gasteiger partial charge in [-0.05, 0) is 62.9 Å². The van der Waals surface area contributed by atoms with Crippen molar-refractivity contribution in [2.75, 3.05) is 0 Å². The number of carbonyl (C=O) groups excluding carboxylic acids is 4. The lowest BCUT2D eigenvalue weighted by Crippen LogP contribution is -2.60. The predicted molar refractivity (Wildman–Crippen MR) is 93.1 cm³/mol. The maximum atomic E-state index is 13.3. The van der Waals surface area contributed by atoms with E-state index in [9.17, 15) is 24.3 Å². The summed E-state index contributed by atoms with van der Waals surface area (Å²) >= 11 is 0. The van der Waals surface area contributed by atoms with Crippen molar-refractivity contribution < 1.29 is 24.3 Å². The summed E-state index contributed by atoms with van der Waals surface area (Å²) in [6.45, 7) is 5.40. The first-order valence-corrected chi connectivity index (χ1v) is 9.63. The van der Waals surface area contributed by atoms with Gasteiger partial charge in [-0.15, -0.1) is 0 Å². The van der Waals surface area contributed by atoms with Crippen molar-refractivity contribution in [3.63, 3.8) is 0 Å². The lowest BCUT2D eigenvalue weighted by Gasteiger charge is -2.56. The molecule has 5 heteroatoms. The van der Waals surface area contributed by atoms with Crippen molar-refractivity contribution in [1.82, 2.24) is 0 Å². The summed E-state index contributed by atoms with van der Waals surface area (Å²) in [6.07, 6.45) is 3.52. The Hall–Kier alpha value is -1.62. The van der Waals surface area contributed by atoms with E-state index in [1.807, 2.05) is 0 Å². The Balaban J connectivity index is 1.79. The minimum atomic E-state index is -1.38. The average molecular weight is 358 g/mol. The number of rotatable bonds is 1. The van der Waals surface area contributed by atoms with E-state index in [1.54, 1.807) is 13.8 Å². The van der Waals surface area contributed by atoms with Gasteiger partial charge in [0.1, 0.15) is 17.7 Å². The highest BCUT2D eigenvalue weighted by Crippen LogP contribution is 2.65. The fourth-order valence-corrected chi connectivity index (χ4v) is 6.95. The summed E-state index contributed by atoms with van der Waals surface area (Å²) in [6, 6.07) is 0. The smallest absolute Gasteiger partial charge is 0.231 e. The Bertz CT molecular complexity index is 764. The molecule has 0 aromatic heterocycles. The van der Waals surface area contributed by atoms with E-state index in [0.717, 1.165) is 24.8 Å². The second kappa shape index (κ2) is 5.44. The highest BCUT2D eigenvalue weighted by Gasteiger charge is 2.65. The van der Waals surface area contributed by atoms with Gasteiger partial charge < -0.3 is 5.11 Å². The van der Waals surface area contributed by atoms with Crippen LogP contribution in [0.5, 0.6) is 0 Å². The van der Waals surface area contributed by atoms with E-state index in [1.165, 1.54) is 6.08 Å². The molecule has 1 unspecified atom stereocenters. The van der Waals surface area contributed by atoms with Crippen LogP contribution in [0, 0.1) is 34.5 Å². The lowest BCUT2D eigenvalue weighted by atomic mass is 9.46. The molecule has 0 spiro atoms. The number of allylic oxidation sites excluding steroid dienone is 1. The zero-order chi connectivity index (χ0) is 19.0. The first-order chi connectivity index (χ1) is 12.1. The molecule has 0 bridgehead atoms. The van der Waals surface area contributed by atoms with Crippen molar-refractivity contribution in [2.24, 2.45) is 34.5 Å². The molecule has 26 heavy (non-hydrogen) atoms. The van der Waals surface area contributed by atoms with Gasteiger partial charge in [0, 0.05) is 18.3 Å². The van der Waals surface area contributed by atoms with Gasteiger partial charge in [-0.3, -0.25) is 19.2 Å². The van der Waals surface area contributed by atoms with E-state index in [2.05, 4.69) is 6.92 Å². The molecule has 3 saturated carbocycles. The third-order valence-electron chi connectivity index (χ3n) is 8.11. The molecule has 3 fully saturated rings. The van der Waals surface area contributed by atoms with Gasteiger partial charge in [-0.2, -0.15) is 0 Å². The zero-order valence-electron chi connectivity index (χ0n) is 15.6. The van der Waals surface area contributed by atoms with Gasteiger partial charge >= 0.3 is 0 Å². The van der Waals surface area contributed by atoms with Crippen LogP contribution in [0.4, 0.5) is 0 Å². The van der Waals surface area contributed by atoms with Gasteiger partial charge in [0.25, 0.3) is 0 Å². The van der Waals surface area contributed by atoms with Crippen molar-refractivity contribution in [3.8, 4) is 0 Å². The number of Topliss-reactive ketones (excluding diaryl/α,β-unsaturated/α-hetero) is 4. The number of carbonyl (C=O) groups is 4. The molecule has 0 aromatic carbocycles. The molecule has 140 valence electrons. The van der Waals surface area contributed by atoms with Crippen LogP contribution in [0.15, 0.2) is 11.6 Å². The number of aliphatic hydroxyl groups is 1. The van der Waals surface area contributed by atoms with Gasteiger partial charge in [-0.1, -0.05) is 12.5 Å². The first-order valence-electron chi connectivity index (χ1n) is 9.63. The molecule has 7 atom stereocenters. The van der Waals surface area contributed by atoms with Crippen LogP contribution in [0.3, 0.4) is 0 Å². The molecular formula is C21H26O5. The Kier molecular flexibility index (Phi) is 3.72.